The van der Waals surface area contributed by atoms with Gasteiger partial charge >= 0.3 is 12.0 Å². The molecule has 1 unspecified atom stereocenters. The van der Waals surface area contributed by atoms with E-state index in [0.717, 1.165) is 41.0 Å². The zero-order valence-electron chi connectivity index (χ0n) is 24.5. The highest BCUT2D eigenvalue weighted by Gasteiger charge is 2.18. The van der Waals surface area contributed by atoms with E-state index in [-0.39, 0.29) is 12.5 Å². The maximum absolute atomic E-state index is 13.3. The average molecular weight is 579 g/mol. The third kappa shape index (κ3) is 10.8. The Bertz CT molecular complexity index is 1250. The molecule has 0 saturated carbocycles. The summed E-state index contributed by atoms with van der Waals surface area (Å²) < 4.78 is 11.3. The van der Waals surface area contributed by atoms with Crippen molar-refractivity contribution < 1.29 is 24.2 Å². The van der Waals surface area contributed by atoms with E-state index in [2.05, 4.69) is 30.4 Å². The Hall–Kier alpha value is -3.49. The summed E-state index contributed by atoms with van der Waals surface area (Å²) in [5, 5.41) is 12.4. The van der Waals surface area contributed by atoms with E-state index in [1.54, 1.807) is 6.92 Å². The van der Waals surface area contributed by atoms with Crippen molar-refractivity contribution in [3.63, 3.8) is 0 Å². The van der Waals surface area contributed by atoms with E-state index >= 15 is 0 Å². The summed E-state index contributed by atoms with van der Waals surface area (Å²) in [5.74, 6) is 0.687. The standard InChI is InChI=1S/C33H42N2O5S/c1-5-39-31(32(36)37)23-27-13-15-28(16-14-27)40-19-18-35(17-9-10-20-41-29-11-7-6-8-12-29)33(38)34-30-22-25(3)24(2)21-26(30)4/h6-8,11-16,21-22,31H,5,9-10,17-20,23H2,1-4H3,(H,34,38)(H,36,37). The van der Waals surface area contributed by atoms with E-state index in [1.165, 1.54) is 10.5 Å². The number of ether oxygens (including phenoxy) is 2. The first-order valence-corrected chi connectivity index (χ1v) is 15.1. The molecule has 0 aliphatic rings. The van der Waals surface area contributed by atoms with Gasteiger partial charge in [0, 0.05) is 30.2 Å². The highest BCUT2D eigenvalue weighted by Crippen LogP contribution is 2.22. The van der Waals surface area contributed by atoms with Crippen molar-refractivity contribution in [1.29, 1.82) is 0 Å². The minimum atomic E-state index is -0.972. The Morgan fingerprint density at radius 1 is 0.927 bits per heavy atom. The number of anilines is 1. The molecule has 3 aromatic carbocycles. The molecular weight excluding hydrogens is 536 g/mol. The number of benzene rings is 3. The Labute approximate surface area is 248 Å². The van der Waals surface area contributed by atoms with Crippen molar-refractivity contribution in [2.24, 2.45) is 0 Å². The maximum Gasteiger partial charge on any atom is 0.333 e. The summed E-state index contributed by atoms with van der Waals surface area (Å²) in [6.45, 7) is 9.66. The summed E-state index contributed by atoms with van der Waals surface area (Å²) in [4.78, 5) is 27.8. The van der Waals surface area contributed by atoms with Gasteiger partial charge in [-0.05, 0) is 98.9 Å². The number of nitrogens with zero attached hydrogens (tertiary/aromatic N) is 1. The van der Waals surface area contributed by atoms with Crippen LogP contribution in [0.2, 0.25) is 0 Å². The van der Waals surface area contributed by atoms with Gasteiger partial charge in [-0.2, -0.15) is 0 Å². The fraction of sp³-hybridized carbons (Fsp3) is 0.394. The van der Waals surface area contributed by atoms with E-state index in [4.69, 9.17) is 9.47 Å². The van der Waals surface area contributed by atoms with E-state index in [0.29, 0.717) is 32.1 Å². The summed E-state index contributed by atoms with van der Waals surface area (Å²) >= 11 is 1.83. The molecule has 1 atom stereocenters. The topological polar surface area (TPSA) is 88.1 Å². The monoisotopic (exact) mass is 578 g/mol. The number of hydrogen-bond acceptors (Lipinski definition) is 5. The molecule has 3 aromatic rings. The highest BCUT2D eigenvalue weighted by molar-refractivity contribution is 7.99. The van der Waals surface area contributed by atoms with Gasteiger partial charge in [-0.3, -0.25) is 0 Å². The van der Waals surface area contributed by atoms with Crippen LogP contribution in [0.1, 0.15) is 42.0 Å². The summed E-state index contributed by atoms with van der Waals surface area (Å²) in [7, 11) is 0. The van der Waals surface area contributed by atoms with Crippen molar-refractivity contribution in [2.75, 3.05) is 37.4 Å². The number of nitrogens with one attached hydrogen (secondary N) is 1. The van der Waals surface area contributed by atoms with Crippen molar-refractivity contribution in [2.45, 2.75) is 58.0 Å². The molecule has 3 rings (SSSR count). The fourth-order valence-corrected chi connectivity index (χ4v) is 5.28. The number of rotatable bonds is 16. The van der Waals surface area contributed by atoms with Gasteiger partial charge in [-0.1, -0.05) is 36.4 Å². The maximum atomic E-state index is 13.3. The molecule has 8 heteroatoms. The minimum Gasteiger partial charge on any atom is -0.492 e. The number of thioether (sulfide) groups is 1. The molecule has 0 heterocycles. The van der Waals surface area contributed by atoms with Crippen LogP contribution in [-0.4, -0.2) is 60.2 Å². The summed E-state index contributed by atoms with van der Waals surface area (Å²) in [5.41, 5.74) is 5.05. The molecule has 0 fully saturated rings. The lowest BCUT2D eigenvalue weighted by Crippen LogP contribution is -2.38. The van der Waals surface area contributed by atoms with Crippen LogP contribution in [0.25, 0.3) is 0 Å². The van der Waals surface area contributed by atoms with Crippen LogP contribution in [0.3, 0.4) is 0 Å². The number of aliphatic carboxylic acids is 1. The van der Waals surface area contributed by atoms with Gasteiger partial charge in [-0.15, -0.1) is 11.8 Å². The van der Waals surface area contributed by atoms with E-state index in [1.807, 2.05) is 79.0 Å². The number of urea groups is 1. The number of carbonyl (C=O) groups excluding carboxylic acids is 1. The Balaban J connectivity index is 1.56. The van der Waals surface area contributed by atoms with E-state index in [9.17, 15) is 14.7 Å². The molecule has 0 spiro atoms. The first kappa shape index (κ1) is 32.0. The predicted molar refractivity (Wildman–Crippen MR) is 166 cm³/mol. The quantitative estimate of drug-likeness (QED) is 0.139. The number of carbonyl (C=O) groups is 2. The van der Waals surface area contributed by atoms with Gasteiger partial charge in [0.15, 0.2) is 6.10 Å². The van der Waals surface area contributed by atoms with Gasteiger partial charge in [0.05, 0.1) is 6.54 Å². The molecule has 0 aromatic heterocycles. The number of carboxylic acid groups (broad SMARTS) is 1. The van der Waals surface area contributed by atoms with Gasteiger partial charge < -0.3 is 24.8 Å². The van der Waals surface area contributed by atoms with Crippen LogP contribution in [-0.2, 0) is 16.0 Å². The largest absolute Gasteiger partial charge is 0.492 e. The Morgan fingerprint density at radius 3 is 2.32 bits per heavy atom. The molecule has 220 valence electrons. The lowest BCUT2D eigenvalue weighted by molar-refractivity contribution is -0.149. The molecular formula is C33H42N2O5S. The van der Waals surface area contributed by atoms with Crippen molar-refractivity contribution >= 4 is 29.4 Å². The number of hydrogen-bond donors (Lipinski definition) is 2. The van der Waals surface area contributed by atoms with E-state index < -0.39 is 12.1 Å². The molecule has 0 bridgehead atoms. The Kier molecular flexibility index (Phi) is 13.0. The summed E-state index contributed by atoms with van der Waals surface area (Å²) in [6.07, 6.45) is 1.30. The van der Waals surface area contributed by atoms with Crippen LogP contribution in [0, 0.1) is 20.8 Å². The normalized spacial score (nSPS) is 11.6. The van der Waals surface area contributed by atoms with Crippen molar-refractivity contribution in [3.05, 3.63) is 89.0 Å². The second-order valence-corrected chi connectivity index (χ2v) is 11.2. The van der Waals surface area contributed by atoms with Crippen molar-refractivity contribution in [3.8, 4) is 5.75 Å². The van der Waals surface area contributed by atoms with Crippen LogP contribution in [0.15, 0.2) is 71.6 Å². The predicted octanol–water partition coefficient (Wildman–Crippen LogP) is 7.13. The smallest absolute Gasteiger partial charge is 0.333 e. The minimum absolute atomic E-state index is 0.137. The molecule has 7 nitrogen and oxygen atoms in total. The average Bonchev–Trinajstić information content (AvgIpc) is 2.95. The number of unbranched alkanes of at least 4 members (excludes halogenated alkanes) is 1. The van der Waals surface area contributed by atoms with Gasteiger partial charge in [0.1, 0.15) is 12.4 Å². The van der Waals surface area contributed by atoms with Crippen LogP contribution in [0.5, 0.6) is 5.75 Å². The highest BCUT2D eigenvalue weighted by atomic mass is 32.2. The first-order valence-electron chi connectivity index (χ1n) is 14.1. The molecule has 0 saturated heterocycles. The zero-order chi connectivity index (χ0) is 29.6. The first-order chi connectivity index (χ1) is 19.8. The molecule has 2 amide bonds. The van der Waals surface area contributed by atoms with Crippen LogP contribution >= 0.6 is 11.8 Å². The van der Waals surface area contributed by atoms with Gasteiger partial charge in [0.25, 0.3) is 0 Å². The van der Waals surface area contributed by atoms with Crippen molar-refractivity contribution in [1.82, 2.24) is 4.90 Å². The summed E-state index contributed by atoms with van der Waals surface area (Å²) in [6, 6.07) is 21.7. The third-order valence-corrected chi connectivity index (χ3v) is 7.92. The SMILES string of the molecule is CCOC(Cc1ccc(OCCN(CCCCSc2ccccc2)C(=O)Nc2cc(C)c(C)cc2C)cc1)C(=O)O. The number of amides is 2. The molecule has 41 heavy (non-hydrogen) atoms. The van der Waals surface area contributed by atoms with Gasteiger partial charge in [0.2, 0.25) is 0 Å². The third-order valence-electron chi connectivity index (χ3n) is 6.82. The second-order valence-electron chi connectivity index (χ2n) is 10.0. The molecule has 0 radical (unpaired) electrons. The fourth-order valence-electron chi connectivity index (χ4n) is 4.34. The lowest BCUT2D eigenvalue weighted by Gasteiger charge is -2.24. The number of aryl methyl sites for hydroxylation is 3. The Morgan fingerprint density at radius 2 is 1.63 bits per heavy atom. The lowest BCUT2D eigenvalue weighted by atomic mass is 10.1. The number of carboxylic acids is 1. The molecule has 0 aliphatic carbocycles. The molecule has 2 N–H and O–H groups in total. The zero-order valence-corrected chi connectivity index (χ0v) is 25.3. The van der Waals surface area contributed by atoms with Crippen LogP contribution < -0.4 is 10.1 Å². The second kappa shape index (κ2) is 16.7. The van der Waals surface area contributed by atoms with Gasteiger partial charge in [-0.25, -0.2) is 9.59 Å². The van der Waals surface area contributed by atoms with Crippen LogP contribution in [0.4, 0.5) is 10.5 Å². The molecule has 0 aliphatic heterocycles.